The number of hydrogen-bond acceptors (Lipinski definition) is 4. The Balaban J connectivity index is 2.82. The number of rotatable bonds is 9. The molecule has 0 spiro atoms. The summed E-state index contributed by atoms with van der Waals surface area (Å²) in [6.45, 7) is 15.4. The first-order valence-corrected chi connectivity index (χ1v) is 12.3. The fraction of sp³-hybridized carbons (Fsp3) is 0.650. The molecule has 1 atom stereocenters. The molecule has 0 bridgehead atoms. The van der Waals surface area contributed by atoms with Gasteiger partial charge in [0.2, 0.25) is 8.32 Å². The highest BCUT2D eigenvalue weighted by Crippen LogP contribution is 2.37. The number of benzene rings is 1. The number of nitrogens with zero attached hydrogens (tertiary/aromatic N) is 1. The lowest BCUT2D eigenvalue weighted by atomic mass is 10.2. The lowest BCUT2D eigenvalue weighted by Gasteiger charge is -2.40. The zero-order chi connectivity index (χ0) is 19.8. The fourth-order valence-corrected chi connectivity index (χ4v) is 2.88. The molecule has 1 rings (SSSR count). The second-order valence-electron chi connectivity index (χ2n) is 8.12. The van der Waals surface area contributed by atoms with E-state index < -0.39 is 14.4 Å². The van der Waals surface area contributed by atoms with Gasteiger partial charge in [0.25, 0.3) is 0 Å². The van der Waals surface area contributed by atoms with Crippen LogP contribution in [0.25, 0.3) is 0 Å². The van der Waals surface area contributed by atoms with E-state index in [1.807, 2.05) is 37.3 Å². The molecule has 1 aromatic rings. The minimum absolute atomic E-state index is 0.0189. The topological polar surface area (TPSA) is 48.0 Å². The molecule has 0 aliphatic rings. The van der Waals surface area contributed by atoms with Gasteiger partial charge in [-0.25, -0.2) is 4.79 Å². The Hall–Kier alpha value is -1.53. The Labute approximate surface area is 159 Å². The summed E-state index contributed by atoms with van der Waals surface area (Å²) in [5.74, 6) is 0.769. The summed E-state index contributed by atoms with van der Waals surface area (Å²) in [6.07, 6.45) is 1.38. The van der Waals surface area contributed by atoms with Gasteiger partial charge in [0.15, 0.2) is 0 Å². The zero-order valence-corrected chi connectivity index (χ0v) is 18.4. The van der Waals surface area contributed by atoms with Crippen LogP contribution in [0.4, 0.5) is 4.79 Å². The summed E-state index contributed by atoms with van der Waals surface area (Å²) in [5.41, 5.74) is 0. The molecule has 0 N–H and O–H groups in total. The number of hydrogen-bond donors (Lipinski definition) is 0. The van der Waals surface area contributed by atoms with E-state index >= 15 is 0 Å². The second kappa shape index (κ2) is 9.97. The summed E-state index contributed by atoms with van der Waals surface area (Å²) in [5, 5.41) is 1.37. The molecule has 1 unspecified atom stereocenters. The van der Waals surface area contributed by atoms with E-state index in [2.05, 4.69) is 40.8 Å². The van der Waals surface area contributed by atoms with Gasteiger partial charge in [-0.3, -0.25) is 0 Å². The van der Waals surface area contributed by atoms with Gasteiger partial charge in [0, 0.05) is 0 Å². The Morgan fingerprint density at radius 2 is 1.81 bits per heavy atom. The monoisotopic (exact) mass is 381 g/mol. The molecule has 0 aliphatic heterocycles. The molecule has 0 heterocycles. The molecule has 1 aromatic carbocycles. The summed E-state index contributed by atoms with van der Waals surface area (Å²) in [4.78, 5) is 12.6. The standard InChI is InChI=1S/C20H35NO4Si/c1-8-9-15-23-19(22)21(25-26(6,7)20(3,4)5)17(2)16-24-18-13-11-10-12-14-18/h10-14,17H,8-9,15-16H2,1-7H3. The molecule has 5 nitrogen and oxygen atoms in total. The third kappa shape index (κ3) is 7.00. The molecule has 148 valence electrons. The molecule has 26 heavy (non-hydrogen) atoms. The number of ether oxygens (including phenoxy) is 2. The smallest absolute Gasteiger partial charge is 0.433 e. The molecule has 0 aliphatic carbocycles. The number of hydroxylamine groups is 2. The van der Waals surface area contributed by atoms with Crippen molar-refractivity contribution >= 4 is 14.4 Å². The third-order valence-corrected chi connectivity index (χ3v) is 8.94. The van der Waals surface area contributed by atoms with Crippen molar-refractivity contribution in [2.45, 2.75) is 71.6 Å². The summed E-state index contributed by atoms with van der Waals surface area (Å²) in [7, 11) is -2.18. The van der Waals surface area contributed by atoms with Crippen molar-refractivity contribution in [1.82, 2.24) is 5.06 Å². The predicted molar refractivity (Wildman–Crippen MR) is 108 cm³/mol. The van der Waals surface area contributed by atoms with Crippen molar-refractivity contribution in [3.05, 3.63) is 30.3 Å². The highest BCUT2D eigenvalue weighted by molar-refractivity contribution is 6.74. The summed E-state index contributed by atoms with van der Waals surface area (Å²) < 4.78 is 17.5. The molecule has 0 saturated heterocycles. The Morgan fingerprint density at radius 3 is 2.35 bits per heavy atom. The van der Waals surface area contributed by atoms with E-state index in [0.29, 0.717) is 13.2 Å². The van der Waals surface area contributed by atoms with Crippen molar-refractivity contribution < 1.29 is 18.8 Å². The van der Waals surface area contributed by atoms with E-state index in [0.717, 1.165) is 18.6 Å². The average Bonchev–Trinajstić information content (AvgIpc) is 2.57. The minimum Gasteiger partial charge on any atom is -0.491 e. The molecular formula is C20H35NO4Si. The van der Waals surface area contributed by atoms with E-state index in [4.69, 9.17) is 14.0 Å². The van der Waals surface area contributed by atoms with E-state index in [1.165, 1.54) is 5.06 Å². The van der Waals surface area contributed by atoms with Crippen molar-refractivity contribution in [3.8, 4) is 5.75 Å². The van der Waals surface area contributed by atoms with E-state index in [-0.39, 0.29) is 11.1 Å². The molecular weight excluding hydrogens is 346 g/mol. The summed E-state index contributed by atoms with van der Waals surface area (Å²) in [6, 6.07) is 9.30. The number of para-hydroxylation sites is 1. The molecule has 0 radical (unpaired) electrons. The van der Waals surface area contributed by atoms with Crippen LogP contribution < -0.4 is 4.74 Å². The molecule has 0 saturated carbocycles. The quantitative estimate of drug-likeness (QED) is 0.316. The maximum absolute atomic E-state index is 12.6. The number of amides is 1. The number of carbonyl (C=O) groups excluding carboxylic acids is 1. The maximum Gasteiger partial charge on any atom is 0.433 e. The molecule has 6 heteroatoms. The van der Waals surface area contributed by atoms with Crippen LogP contribution in [0.5, 0.6) is 5.75 Å². The van der Waals surface area contributed by atoms with Crippen molar-refractivity contribution in [2.75, 3.05) is 13.2 Å². The van der Waals surface area contributed by atoms with Gasteiger partial charge in [-0.1, -0.05) is 52.3 Å². The number of carbonyl (C=O) groups is 1. The highest BCUT2D eigenvalue weighted by atomic mass is 28.4. The lowest BCUT2D eigenvalue weighted by molar-refractivity contribution is -0.0938. The van der Waals surface area contributed by atoms with E-state index in [1.54, 1.807) is 0 Å². The summed E-state index contributed by atoms with van der Waals surface area (Å²) >= 11 is 0. The average molecular weight is 382 g/mol. The fourth-order valence-electron chi connectivity index (χ4n) is 1.86. The van der Waals surface area contributed by atoms with Gasteiger partial charge >= 0.3 is 6.09 Å². The van der Waals surface area contributed by atoms with Crippen LogP contribution in [0, 0.1) is 0 Å². The van der Waals surface area contributed by atoms with Gasteiger partial charge in [-0.05, 0) is 43.6 Å². The van der Waals surface area contributed by atoms with Crippen LogP contribution in [-0.2, 0) is 9.26 Å². The highest BCUT2D eigenvalue weighted by Gasteiger charge is 2.42. The van der Waals surface area contributed by atoms with Crippen LogP contribution in [0.15, 0.2) is 30.3 Å². The van der Waals surface area contributed by atoms with Gasteiger partial charge < -0.3 is 14.0 Å². The first-order valence-electron chi connectivity index (χ1n) is 9.41. The van der Waals surface area contributed by atoms with Crippen LogP contribution >= 0.6 is 0 Å². The minimum atomic E-state index is -2.18. The van der Waals surface area contributed by atoms with Crippen LogP contribution in [0.1, 0.15) is 47.5 Å². The third-order valence-electron chi connectivity index (χ3n) is 4.67. The molecule has 0 aromatic heterocycles. The number of unbranched alkanes of at least 4 members (excludes halogenated alkanes) is 1. The van der Waals surface area contributed by atoms with Crippen LogP contribution in [0.3, 0.4) is 0 Å². The van der Waals surface area contributed by atoms with Gasteiger partial charge in [0.05, 0.1) is 12.6 Å². The zero-order valence-electron chi connectivity index (χ0n) is 17.4. The predicted octanol–water partition coefficient (Wildman–Crippen LogP) is 5.63. The molecule has 1 amide bonds. The first-order chi connectivity index (χ1) is 12.1. The van der Waals surface area contributed by atoms with Crippen molar-refractivity contribution in [2.24, 2.45) is 0 Å². The maximum atomic E-state index is 12.6. The SMILES string of the molecule is CCCCOC(=O)N(O[Si](C)(C)C(C)(C)C)C(C)COc1ccccc1. The van der Waals surface area contributed by atoms with Crippen LogP contribution in [0.2, 0.25) is 18.1 Å². The van der Waals surface area contributed by atoms with Crippen LogP contribution in [-0.4, -0.2) is 38.7 Å². The van der Waals surface area contributed by atoms with Crippen molar-refractivity contribution in [1.29, 1.82) is 0 Å². The molecule has 0 fully saturated rings. The second-order valence-corrected chi connectivity index (χ2v) is 12.8. The Kier molecular flexibility index (Phi) is 8.63. The van der Waals surface area contributed by atoms with Gasteiger partial charge in [0.1, 0.15) is 12.4 Å². The van der Waals surface area contributed by atoms with Gasteiger partial charge in [-0.15, -0.1) is 0 Å². The van der Waals surface area contributed by atoms with Crippen molar-refractivity contribution in [3.63, 3.8) is 0 Å². The Morgan fingerprint density at radius 1 is 1.19 bits per heavy atom. The first kappa shape index (κ1) is 22.5. The Bertz CT molecular complexity index is 542. The van der Waals surface area contributed by atoms with Gasteiger partial charge in [-0.2, -0.15) is 5.06 Å². The normalized spacial score (nSPS) is 13.2. The van der Waals surface area contributed by atoms with E-state index in [9.17, 15) is 4.79 Å². The lowest BCUT2D eigenvalue weighted by Crippen LogP contribution is -2.52. The largest absolute Gasteiger partial charge is 0.491 e.